The highest BCUT2D eigenvalue weighted by atomic mass is 35.5. The molecule has 3 aromatic carbocycles. The number of H-pyrrole nitrogens is 1. The highest BCUT2D eigenvalue weighted by molar-refractivity contribution is 6.30. The molecular formula is C27H26ClN3O3. The number of rotatable bonds is 9. The first kappa shape index (κ1) is 23.4. The van der Waals surface area contributed by atoms with Crippen LogP contribution in [0.5, 0.6) is 5.75 Å². The Bertz CT molecular complexity index is 1320. The third-order valence-corrected chi connectivity index (χ3v) is 5.73. The molecule has 6 nitrogen and oxygen atoms in total. The van der Waals surface area contributed by atoms with Crippen LogP contribution in [0.15, 0.2) is 72.9 Å². The summed E-state index contributed by atoms with van der Waals surface area (Å²) in [6, 6.07) is 20.5. The summed E-state index contributed by atoms with van der Waals surface area (Å²) in [5.74, 6) is 0.168. The summed E-state index contributed by atoms with van der Waals surface area (Å²) in [6.45, 7) is 1.71. The lowest BCUT2D eigenvalue weighted by molar-refractivity contribution is -0.118. The van der Waals surface area contributed by atoms with Crippen LogP contribution < -0.4 is 15.4 Å². The molecule has 0 atom stereocenters. The van der Waals surface area contributed by atoms with Crippen molar-refractivity contribution >= 4 is 45.7 Å². The van der Waals surface area contributed by atoms with Gasteiger partial charge in [0.2, 0.25) is 5.91 Å². The summed E-state index contributed by atoms with van der Waals surface area (Å²) in [7, 11) is 0. The molecule has 4 rings (SSSR count). The van der Waals surface area contributed by atoms with Gasteiger partial charge in [0, 0.05) is 28.5 Å². The number of aromatic nitrogens is 1. The molecule has 1 aromatic heterocycles. The van der Waals surface area contributed by atoms with Crippen LogP contribution in [-0.4, -0.2) is 23.4 Å². The number of hydrogen-bond donors (Lipinski definition) is 3. The molecule has 4 aromatic rings. The zero-order valence-electron chi connectivity index (χ0n) is 18.9. The minimum atomic E-state index is -0.324. The SMILES string of the molecule is Cc1cc(Cl)ccc1OCC(=O)Nc1ccccc1NC(=O)CCCc1c[nH]c2ccccc12. The second kappa shape index (κ2) is 10.9. The number of benzene rings is 3. The van der Waals surface area contributed by atoms with Crippen molar-refractivity contribution in [2.24, 2.45) is 0 Å². The minimum Gasteiger partial charge on any atom is -0.483 e. The molecule has 3 N–H and O–H groups in total. The van der Waals surface area contributed by atoms with Crippen molar-refractivity contribution in [2.45, 2.75) is 26.2 Å². The fourth-order valence-electron chi connectivity index (χ4n) is 3.80. The first-order valence-corrected chi connectivity index (χ1v) is 11.5. The monoisotopic (exact) mass is 475 g/mol. The lowest BCUT2D eigenvalue weighted by atomic mass is 10.1. The Morgan fingerprint density at radius 1 is 0.941 bits per heavy atom. The molecule has 0 saturated heterocycles. The summed E-state index contributed by atoms with van der Waals surface area (Å²) in [6.07, 6.45) is 3.90. The largest absolute Gasteiger partial charge is 0.483 e. The van der Waals surface area contributed by atoms with Crippen molar-refractivity contribution < 1.29 is 14.3 Å². The molecule has 0 saturated carbocycles. The molecule has 0 aliphatic rings. The lowest BCUT2D eigenvalue weighted by Gasteiger charge is -2.13. The van der Waals surface area contributed by atoms with Gasteiger partial charge in [0.15, 0.2) is 6.61 Å². The standard InChI is InChI=1S/C27H26ClN3O3/c1-18-15-20(28)13-14-25(18)34-17-27(33)31-24-11-5-4-10-23(24)30-26(32)12-6-7-19-16-29-22-9-3-2-8-21(19)22/h2-5,8-11,13-16,29H,6-7,12,17H2,1H3,(H,30,32)(H,31,33). The van der Waals surface area contributed by atoms with Gasteiger partial charge in [-0.2, -0.15) is 0 Å². The molecular weight excluding hydrogens is 450 g/mol. The normalized spacial score (nSPS) is 10.8. The van der Waals surface area contributed by atoms with Crippen molar-refractivity contribution in [1.82, 2.24) is 4.98 Å². The lowest BCUT2D eigenvalue weighted by Crippen LogP contribution is -2.22. The van der Waals surface area contributed by atoms with Gasteiger partial charge in [-0.25, -0.2) is 0 Å². The Labute approximate surface area is 203 Å². The van der Waals surface area contributed by atoms with E-state index < -0.39 is 0 Å². The molecule has 0 radical (unpaired) electrons. The van der Waals surface area contributed by atoms with E-state index in [9.17, 15) is 9.59 Å². The molecule has 34 heavy (non-hydrogen) atoms. The van der Waals surface area contributed by atoms with E-state index in [4.69, 9.17) is 16.3 Å². The smallest absolute Gasteiger partial charge is 0.262 e. The van der Waals surface area contributed by atoms with Crippen LogP contribution in [0.4, 0.5) is 11.4 Å². The van der Waals surface area contributed by atoms with Crippen LogP contribution in [0.2, 0.25) is 5.02 Å². The quantitative estimate of drug-likeness (QED) is 0.273. The van der Waals surface area contributed by atoms with E-state index in [1.165, 1.54) is 10.9 Å². The van der Waals surface area contributed by atoms with Crippen molar-refractivity contribution in [1.29, 1.82) is 0 Å². The van der Waals surface area contributed by atoms with E-state index in [0.717, 1.165) is 23.9 Å². The van der Waals surface area contributed by atoms with Crippen molar-refractivity contribution in [3.05, 3.63) is 89.1 Å². The molecule has 7 heteroatoms. The number of anilines is 2. The number of aryl methyl sites for hydroxylation is 2. The predicted molar refractivity (Wildman–Crippen MR) is 137 cm³/mol. The van der Waals surface area contributed by atoms with Crippen LogP contribution in [0.25, 0.3) is 10.9 Å². The maximum absolute atomic E-state index is 12.6. The molecule has 0 unspecified atom stereocenters. The zero-order chi connectivity index (χ0) is 23.9. The average molecular weight is 476 g/mol. The van der Waals surface area contributed by atoms with Crippen molar-refractivity contribution in [3.63, 3.8) is 0 Å². The van der Waals surface area contributed by atoms with Gasteiger partial charge in [0.1, 0.15) is 5.75 Å². The highest BCUT2D eigenvalue weighted by Crippen LogP contribution is 2.24. The summed E-state index contributed by atoms with van der Waals surface area (Å²) in [5.41, 5.74) is 4.22. The Kier molecular flexibility index (Phi) is 7.50. The second-order valence-corrected chi connectivity index (χ2v) is 8.49. The Hall–Kier alpha value is -3.77. The second-order valence-electron chi connectivity index (χ2n) is 8.05. The summed E-state index contributed by atoms with van der Waals surface area (Å²) < 4.78 is 5.61. The van der Waals surface area contributed by atoms with E-state index in [-0.39, 0.29) is 18.4 Å². The van der Waals surface area contributed by atoms with Gasteiger partial charge in [-0.15, -0.1) is 0 Å². The van der Waals surface area contributed by atoms with E-state index in [2.05, 4.69) is 21.7 Å². The van der Waals surface area contributed by atoms with E-state index in [1.807, 2.05) is 37.4 Å². The Morgan fingerprint density at radius 3 is 2.41 bits per heavy atom. The number of fused-ring (bicyclic) bond motifs is 1. The molecule has 2 amide bonds. The maximum atomic E-state index is 12.6. The molecule has 0 bridgehead atoms. The number of ether oxygens (including phenoxy) is 1. The number of aromatic amines is 1. The van der Waals surface area contributed by atoms with E-state index in [1.54, 1.807) is 36.4 Å². The van der Waals surface area contributed by atoms with E-state index >= 15 is 0 Å². The number of halogens is 1. The molecule has 0 fully saturated rings. The highest BCUT2D eigenvalue weighted by Gasteiger charge is 2.11. The molecule has 0 aliphatic heterocycles. The topological polar surface area (TPSA) is 83.2 Å². The first-order valence-electron chi connectivity index (χ1n) is 11.1. The molecule has 1 heterocycles. The van der Waals surface area contributed by atoms with Crippen molar-refractivity contribution in [2.75, 3.05) is 17.2 Å². The van der Waals surface area contributed by atoms with Gasteiger partial charge in [-0.1, -0.05) is 41.9 Å². The Balaban J connectivity index is 1.29. The predicted octanol–water partition coefficient (Wildman–Crippen LogP) is 6.11. The minimum absolute atomic E-state index is 0.102. The van der Waals surface area contributed by atoms with Crippen LogP contribution in [0.3, 0.4) is 0 Å². The van der Waals surface area contributed by atoms with Crippen LogP contribution in [0.1, 0.15) is 24.0 Å². The third kappa shape index (κ3) is 5.97. The van der Waals surface area contributed by atoms with Crippen LogP contribution in [0, 0.1) is 6.92 Å². The van der Waals surface area contributed by atoms with Gasteiger partial charge >= 0.3 is 0 Å². The van der Waals surface area contributed by atoms with Gasteiger partial charge in [0.05, 0.1) is 11.4 Å². The van der Waals surface area contributed by atoms with Gasteiger partial charge in [0.25, 0.3) is 5.91 Å². The fraction of sp³-hybridized carbons (Fsp3) is 0.185. The fourth-order valence-corrected chi connectivity index (χ4v) is 4.02. The molecule has 174 valence electrons. The van der Waals surface area contributed by atoms with Gasteiger partial charge < -0.3 is 20.4 Å². The summed E-state index contributed by atoms with van der Waals surface area (Å²) in [4.78, 5) is 28.2. The number of carbonyl (C=O) groups excluding carboxylic acids is 2. The average Bonchev–Trinajstić information content (AvgIpc) is 3.23. The number of nitrogens with one attached hydrogen (secondary N) is 3. The van der Waals surface area contributed by atoms with Gasteiger partial charge in [-0.05, 0) is 67.3 Å². The number of hydrogen-bond acceptors (Lipinski definition) is 3. The van der Waals surface area contributed by atoms with Gasteiger partial charge in [-0.3, -0.25) is 9.59 Å². The zero-order valence-corrected chi connectivity index (χ0v) is 19.6. The summed E-state index contributed by atoms with van der Waals surface area (Å²) in [5, 5.41) is 7.51. The summed E-state index contributed by atoms with van der Waals surface area (Å²) >= 11 is 5.96. The first-order chi connectivity index (χ1) is 16.5. The number of amides is 2. The van der Waals surface area contributed by atoms with Crippen LogP contribution in [-0.2, 0) is 16.0 Å². The van der Waals surface area contributed by atoms with E-state index in [0.29, 0.717) is 28.6 Å². The number of para-hydroxylation sites is 3. The van der Waals surface area contributed by atoms with Crippen molar-refractivity contribution in [3.8, 4) is 5.75 Å². The Morgan fingerprint density at radius 2 is 1.65 bits per heavy atom. The molecule has 0 aliphatic carbocycles. The number of carbonyl (C=O) groups is 2. The maximum Gasteiger partial charge on any atom is 0.262 e. The van der Waals surface area contributed by atoms with Crippen LogP contribution >= 0.6 is 11.6 Å². The third-order valence-electron chi connectivity index (χ3n) is 5.50. The molecule has 0 spiro atoms.